The smallest absolute Gasteiger partial charge is 0.300 e. The fourth-order valence-electron chi connectivity index (χ4n) is 0. The van der Waals surface area contributed by atoms with E-state index in [1.165, 1.54) is 0 Å². The van der Waals surface area contributed by atoms with Crippen LogP contribution in [0.3, 0.4) is 0 Å². The van der Waals surface area contributed by atoms with E-state index in [9.17, 15) is 0 Å². The van der Waals surface area contributed by atoms with E-state index in [0.717, 1.165) is 27.7 Å². The highest BCUT2D eigenvalue weighted by Crippen LogP contribution is 1.93. The first-order valence-corrected chi connectivity index (χ1v) is 5.56. The number of nitrogens with two attached hydrogens (primary N) is 4. The zero-order valence-electron chi connectivity index (χ0n) is 13.6. The van der Waals surface area contributed by atoms with Crippen molar-refractivity contribution in [1.82, 2.24) is 0 Å². The molecule has 0 bridgehead atoms. The van der Waals surface area contributed by atoms with E-state index >= 15 is 0 Å². The number of carboxylic acids is 4. The maximum absolute atomic E-state index is 9.00. The molecular formula is C10H26N4O10. The quantitative estimate of drug-likeness (QED) is 0.202. The highest BCUT2D eigenvalue weighted by Gasteiger charge is 2.36. The molecule has 0 aliphatic rings. The van der Waals surface area contributed by atoms with Crippen molar-refractivity contribution >= 4 is 23.9 Å². The molecule has 0 amide bonds. The first-order chi connectivity index (χ1) is 10.2. The van der Waals surface area contributed by atoms with Gasteiger partial charge in [-0.15, -0.1) is 0 Å². The van der Waals surface area contributed by atoms with Gasteiger partial charge in [0.15, 0.2) is 0 Å². The van der Waals surface area contributed by atoms with Gasteiger partial charge in [0.05, 0.1) is 0 Å². The van der Waals surface area contributed by atoms with E-state index in [4.69, 9.17) is 49.8 Å². The average Bonchev–Trinajstić information content (AvgIpc) is 2.08. The highest BCUT2D eigenvalue weighted by atomic mass is 16.4. The predicted molar refractivity (Wildman–Crippen MR) is 79.9 cm³/mol. The second kappa shape index (κ2) is 17.0. The molecule has 0 saturated carbocycles. The largest absolute Gasteiger partial charge is 0.481 e. The van der Waals surface area contributed by atoms with Crippen LogP contribution in [0.25, 0.3) is 0 Å². The van der Waals surface area contributed by atoms with E-state index < -0.39 is 35.6 Å². The van der Waals surface area contributed by atoms with Gasteiger partial charge in [-0.05, 0) is 0 Å². The maximum Gasteiger partial charge on any atom is 0.300 e. The van der Waals surface area contributed by atoms with Crippen molar-refractivity contribution in [2.45, 2.75) is 39.4 Å². The molecule has 0 radical (unpaired) electrons. The second-order valence-electron chi connectivity index (χ2n) is 3.73. The Balaban J connectivity index is -0.0000000657. The fourth-order valence-corrected chi connectivity index (χ4v) is 0. The van der Waals surface area contributed by atoms with Crippen molar-refractivity contribution in [2.24, 2.45) is 22.9 Å². The maximum atomic E-state index is 9.00. The average molecular weight is 362 g/mol. The monoisotopic (exact) mass is 362 g/mol. The summed E-state index contributed by atoms with van der Waals surface area (Å²) in [4.78, 5) is 36.0. The van der Waals surface area contributed by atoms with Crippen LogP contribution in [0, 0.1) is 0 Å². The van der Waals surface area contributed by atoms with Crippen LogP contribution in [-0.4, -0.2) is 66.2 Å². The molecule has 0 aromatic heterocycles. The molecule has 0 saturated heterocycles. The summed E-state index contributed by atoms with van der Waals surface area (Å²) in [6.07, 6.45) is 0. The summed E-state index contributed by atoms with van der Waals surface area (Å²) in [6.45, 7) is 4.33. The molecule has 0 aromatic rings. The Labute approximate surface area is 137 Å². The topological polar surface area (TPSA) is 294 Å². The summed E-state index contributed by atoms with van der Waals surface area (Å²) in [6, 6.07) is 0. The molecule has 0 fully saturated rings. The third kappa shape index (κ3) is 155. The zero-order chi connectivity index (χ0) is 21.3. The lowest BCUT2D eigenvalue weighted by atomic mass is 10.3. The van der Waals surface area contributed by atoms with Gasteiger partial charge in [0.1, 0.15) is 0 Å². The van der Waals surface area contributed by atoms with Gasteiger partial charge in [-0.3, -0.25) is 42.1 Å². The van der Waals surface area contributed by atoms with Crippen LogP contribution in [0.1, 0.15) is 27.7 Å². The number of carbonyl (C=O) groups is 4. The minimum absolute atomic E-state index is 0.833. The molecule has 14 N–H and O–H groups in total. The van der Waals surface area contributed by atoms with Crippen LogP contribution in [0.2, 0.25) is 0 Å². The van der Waals surface area contributed by atoms with Gasteiger partial charge in [0, 0.05) is 27.7 Å². The molecule has 14 heteroatoms. The summed E-state index contributed by atoms with van der Waals surface area (Å²) in [5.74, 6) is -8.24. The van der Waals surface area contributed by atoms with Gasteiger partial charge in [-0.25, -0.2) is 0 Å². The first kappa shape index (κ1) is 33.3. The number of rotatable bonds is 1. The van der Waals surface area contributed by atoms with Crippen molar-refractivity contribution in [3.63, 3.8) is 0 Å². The SMILES string of the molecule is CC(=O)O.CC(=O)O.CC(=O)O.CC(=O)O.NC(N)(O)C(N)(N)O. The normalized spacial score (nSPS) is 8.92. The minimum atomic E-state index is -2.45. The molecule has 0 unspecified atom stereocenters. The van der Waals surface area contributed by atoms with Crippen molar-refractivity contribution in [2.75, 3.05) is 0 Å². The Bertz CT molecular complexity index is 297. The summed E-state index contributed by atoms with van der Waals surface area (Å²) >= 11 is 0. The molecule has 0 atom stereocenters. The first-order valence-electron chi connectivity index (χ1n) is 5.56. The Morgan fingerprint density at radius 3 is 0.583 bits per heavy atom. The number of aliphatic carboxylic acids is 4. The number of carboxylic acid groups (broad SMARTS) is 4. The van der Waals surface area contributed by atoms with Crippen LogP contribution in [0.4, 0.5) is 0 Å². The molecule has 14 nitrogen and oxygen atoms in total. The molecule has 24 heavy (non-hydrogen) atoms. The van der Waals surface area contributed by atoms with Crippen molar-refractivity contribution in [3.8, 4) is 0 Å². The van der Waals surface area contributed by atoms with E-state index in [-0.39, 0.29) is 0 Å². The molecule has 0 aliphatic carbocycles. The molecule has 0 aromatic carbocycles. The molecule has 0 spiro atoms. The Morgan fingerprint density at radius 1 is 0.542 bits per heavy atom. The van der Waals surface area contributed by atoms with Gasteiger partial charge in [0.25, 0.3) is 23.9 Å². The van der Waals surface area contributed by atoms with Gasteiger partial charge >= 0.3 is 0 Å². The predicted octanol–water partition coefficient (Wildman–Crippen LogP) is -3.52. The Hall–Kier alpha value is -2.36. The summed E-state index contributed by atoms with van der Waals surface area (Å²) in [7, 11) is 0. The van der Waals surface area contributed by atoms with Crippen LogP contribution in [-0.2, 0) is 19.2 Å². The number of hydrogen-bond acceptors (Lipinski definition) is 10. The summed E-state index contributed by atoms with van der Waals surface area (Å²) < 4.78 is 0. The van der Waals surface area contributed by atoms with Crippen molar-refractivity contribution in [1.29, 1.82) is 0 Å². The third-order valence-electron chi connectivity index (χ3n) is 0.642. The fraction of sp³-hybridized carbons (Fsp3) is 0.600. The lowest BCUT2D eigenvalue weighted by Crippen LogP contribution is -2.76. The highest BCUT2D eigenvalue weighted by molar-refractivity contribution is 5.63. The third-order valence-corrected chi connectivity index (χ3v) is 0.642. The molecule has 146 valence electrons. The molecule has 0 heterocycles. The minimum Gasteiger partial charge on any atom is -0.481 e. The van der Waals surface area contributed by atoms with E-state index in [0.29, 0.717) is 0 Å². The van der Waals surface area contributed by atoms with E-state index in [2.05, 4.69) is 22.9 Å². The lowest BCUT2D eigenvalue weighted by Gasteiger charge is -2.29. The zero-order valence-corrected chi connectivity index (χ0v) is 13.6. The van der Waals surface area contributed by atoms with Gasteiger partial charge in [-0.1, -0.05) is 0 Å². The van der Waals surface area contributed by atoms with Crippen LogP contribution in [0.5, 0.6) is 0 Å². The molecule has 0 rings (SSSR count). The van der Waals surface area contributed by atoms with Crippen LogP contribution in [0.15, 0.2) is 0 Å². The standard InChI is InChI=1S/C2H10N4O2.4C2H4O2/c3-1(4,7)2(5,6)8;4*1-2(3)4/h7-8H,3-6H2;4*1H3,(H,3,4). The summed E-state index contributed by atoms with van der Waals surface area (Å²) in [5, 5.41) is 46.5. The second-order valence-corrected chi connectivity index (χ2v) is 3.73. The number of hydrogen-bond donors (Lipinski definition) is 10. The van der Waals surface area contributed by atoms with Gasteiger partial charge < -0.3 is 30.6 Å². The lowest BCUT2D eigenvalue weighted by molar-refractivity contribution is -0.139. The Morgan fingerprint density at radius 2 is 0.583 bits per heavy atom. The van der Waals surface area contributed by atoms with Crippen LogP contribution < -0.4 is 22.9 Å². The van der Waals surface area contributed by atoms with Crippen molar-refractivity contribution in [3.05, 3.63) is 0 Å². The van der Waals surface area contributed by atoms with Gasteiger partial charge in [-0.2, -0.15) is 0 Å². The number of aliphatic hydroxyl groups is 2. The molecule has 0 aliphatic heterocycles. The van der Waals surface area contributed by atoms with Gasteiger partial charge in [0.2, 0.25) is 11.7 Å². The van der Waals surface area contributed by atoms with Crippen molar-refractivity contribution < 1.29 is 49.8 Å². The van der Waals surface area contributed by atoms with E-state index in [1.54, 1.807) is 0 Å². The molecular weight excluding hydrogens is 336 g/mol. The van der Waals surface area contributed by atoms with E-state index in [1.807, 2.05) is 0 Å². The summed E-state index contributed by atoms with van der Waals surface area (Å²) in [5.41, 5.74) is 18.6. The van der Waals surface area contributed by atoms with Crippen LogP contribution >= 0.6 is 0 Å². The Kier molecular flexibility index (Phi) is 23.6.